The maximum atomic E-state index is 2.47. The first-order chi connectivity index (χ1) is 33.2. The first kappa shape index (κ1) is 38.7. The third kappa shape index (κ3) is 6.18. The molecule has 0 bridgehead atoms. The summed E-state index contributed by atoms with van der Waals surface area (Å²) in [6.45, 7) is 0. The maximum Gasteiger partial charge on any atom is 0.0714 e. The first-order valence-electron chi connectivity index (χ1n) is 23.2. The highest BCUT2D eigenvalue weighted by molar-refractivity contribution is 6.11. The fourth-order valence-corrected chi connectivity index (χ4v) is 11.1. The van der Waals surface area contributed by atoms with Gasteiger partial charge in [0.1, 0.15) is 0 Å². The third-order valence-electron chi connectivity index (χ3n) is 14.1. The van der Waals surface area contributed by atoms with Crippen molar-refractivity contribution in [2.45, 2.75) is 5.41 Å². The van der Waals surface area contributed by atoms with Crippen molar-refractivity contribution in [3.8, 4) is 39.1 Å². The second-order valence-electron chi connectivity index (χ2n) is 17.6. The molecule has 1 aromatic heterocycles. The van der Waals surface area contributed by atoms with E-state index in [1.165, 1.54) is 88.2 Å². The van der Waals surface area contributed by atoms with Crippen molar-refractivity contribution in [2.24, 2.45) is 0 Å². The topological polar surface area (TPSA) is 8.17 Å². The van der Waals surface area contributed by atoms with Crippen LogP contribution in [0.25, 0.3) is 71.6 Å². The van der Waals surface area contributed by atoms with Crippen LogP contribution in [0.5, 0.6) is 0 Å². The van der Waals surface area contributed by atoms with Gasteiger partial charge < -0.3 is 9.47 Å². The number of fused-ring (bicyclic) bond motifs is 8. The van der Waals surface area contributed by atoms with Crippen molar-refractivity contribution in [1.29, 1.82) is 0 Å². The molecule has 0 saturated heterocycles. The molecule has 314 valence electrons. The van der Waals surface area contributed by atoms with Crippen molar-refractivity contribution in [3.05, 3.63) is 289 Å². The van der Waals surface area contributed by atoms with Crippen LogP contribution in [0.1, 0.15) is 22.3 Å². The molecular weight excluding hydrogens is 809 g/mol. The second-order valence-corrected chi connectivity index (χ2v) is 17.6. The summed E-state index contributed by atoms with van der Waals surface area (Å²) < 4.78 is 2.38. The summed E-state index contributed by atoms with van der Waals surface area (Å²) in [5.74, 6) is 0. The van der Waals surface area contributed by atoms with Gasteiger partial charge in [0.25, 0.3) is 0 Å². The van der Waals surface area contributed by atoms with Gasteiger partial charge in [0.2, 0.25) is 0 Å². The zero-order valence-electron chi connectivity index (χ0n) is 36.8. The van der Waals surface area contributed by atoms with E-state index in [0.717, 1.165) is 22.7 Å². The highest BCUT2D eigenvalue weighted by Gasteiger charge is 2.46. The van der Waals surface area contributed by atoms with Crippen LogP contribution < -0.4 is 4.90 Å². The van der Waals surface area contributed by atoms with Gasteiger partial charge in [0.05, 0.1) is 16.4 Å². The van der Waals surface area contributed by atoms with Gasteiger partial charge in [-0.1, -0.05) is 200 Å². The van der Waals surface area contributed by atoms with E-state index in [1.807, 2.05) is 0 Å². The van der Waals surface area contributed by atoms with Crippen LogP contribution in [-0.4, -0.2) is 4.57 Å². The van der Waals surface area contributed by atoms with E-state index in [4.69, 9.17) is 0 Å². The van der Waals surface area contributed by atoms with E-state index in [9.17, 15) is 0 Å². The Bertz CT molecular complexity index is 3720. The van der Waals surface area contributed by atoms with Crippen LogP contribution in [0.2, 0.25) is 0 Å². The van der Waals surface area contributed by atoms with Gasteiger partial charge in [0.15, 0.2) is 0 Å². The molecule has 0 unspecified atom stereocenters. The summed E-state index contributed by atoms with van der Waals surface area (Å²) in [6, 6.07) is 98.0. The monoisotopic (exact) mass is 852 g/mol. The quantitative estimate of drug-likeness (QED) is 0.148. The summed E-state index contributed by atoms with van der Waals surface area (Å²) >= 11 is 0. The molecule has 0 radical (unpaired) electrons. The molecule has 0 aliphatic heterocycles. The Morgan fingerprint density at radius 3 is 1.49 bits per heavy atom. The highest BCUT2D eigenvalue weighted by Crippen LogP contribution is 2.58. The van der Waals surface area contributed by atoms with Crippen molar-refractivity contribution >= 4 is 49.6 Å². The van der Waals surface area contributed by atoms with Crippen LogP contribution in [0, 0.1) is 0 Å². The first-order valence-corrected chi connectivity index (χ1v) is 23.2. The molecule has 13 rings (SSSR count). The Balaban J connectivity index is 0.967. The van der Waals surface area contributed by atoms with E-state index in [1.54, 1.807) is 0 Å². The minimum Gasteiger partial charge on any atom is -0.310 e. The Morgan fingerprint density at radius 2 is 0.821 bits per heavy atom. The Hall–Kier alpha value is -8.72. The zero-order valence-corrected chi connectivity index (χ0v) is 36.8. The van der Waals surface area contributed by atoms with E-state index in [2.05, 4.69) is 276 Å². The molecule has 67 heavy (non-hydrogen) atoms. The Morgan fingerprint density at radius 1 is 0.313 bits per heavy atom. The van der Waals surface area contributed by atoms with Crippen LogP contribution in [0.3, 0.4) is 0 Å². The third-order valence-corrected chi connectivity index (χ3v) is 14.1. The van der Waals surface area contributed by atoms with Gasteiger partial charge in [-0.2, -0.15) is 0 Å². The molecule has 2 nitrogen and oxygen atoms in total. The summed E-state index contributed by atoms with van der Waals surface area (Å²) in [5, 5.41) is 4.98. The molecule has 0 fully saturated rings. The predicted octanol–water partition coefficient (Wildman–Crippen LogP) is 17.1. The van der Waals surface area contributed by atoms with Gasteiger partial charge in [-0.3, -0.25) is 0 Å². The van der Waals surface area contributed by atoms with E-state index in [-0.39, 0.29) is 0 Å². The molecule has 12 aromatic rings. The molecule has 1 heterocycles. The summed E-state index contributed by atoms with van der Waals surface area (Å²) in [6.07, 6.45) is 0. The minimum atomic E-state index is -0.502. The smallest absolute Gasteiger partial charge is 0.0714 e. The minimum absolute atomic E-state index is 0.502. The Kier molecular flexibility index (Phi) is 9.11. The van der Waals surface area contributed by atoms with Gasteiger partial charge in [-0.05, 0) is 133 Å². The fraction of sp³-hybridized carbons (Fsp3) is 0.0154. The number of nitrogens with zero attached hydrogens (tertiary/aromatic N) is 2. The number of hydrogen-bond acceptors (Lipinski definition) is 1. The number of hydrogen-bond donors (Lipinski definition) is 0. The largest absolute Gasteiger partial charge is 0.310 e. The van der Waals surface area contributed by atoms with Crippen LogP contribution in [0.15, 0.2) is 267 Å². The van der Waals surface area contributed by atoms with Gasteiger partial charge in [-0.15, -0.1) is 0 Å². The number of rotatable bonds is 8. The molecule has 1 aliphatic rings. The molecule has 0 atom stereocenters. The van der Waals surface area contributed by atoms with Crippen molar-refractivity contribution < 1.29 is 0 Å². The molecule has 0 spiro atoms. The lowest BCUT2D eigenvalue weighted by molar-refractivity contribution is 0.769. The Labute approximate surface area is 390 Å². The summed E-state index contributed by atoms with van der Waals surface area (Å²) in [5.41, 5.74) is 18.8. The summed E-state index contributed by atoms with van der Waals surface area (Å²) in [4.78, 5) is 2.40. The zero-order chi connectivity index (χ0) is 44.3. The van der Waals surface area contributed by atoms with E-state index < -0.39 is 5.41 Å². The number of benzene rings is 11. The number of aromatic nitrogens is 1. The van der Waals surface area contributed by atoms with Gasteiger partial charge >= 0.3 is 0 Å². The maximum absolute atomic E-state index is 2.47. The lowest BCUT2D eigenvalue weighted by atomic mass is 9.67. The molecule has 0 amide bonds. The summed E-state index contributed by atoms with van der Waals surface area (Å²) in [7, 11) is 0. The fourth-order valence-electron chi connectivity index (χ4n) is 11.1. The van der Waals surface area contributed by atoms with Crippen LogP contribution in [0.4, 0.5) is 17.1 Å². The normalized spacial score (nSPS) is 12.6. The highest BCUT2D eigenvalue weighted by atomic mass is 15.1. The van der Waals surface area contributed by atoms with Gasteiger partial charge in [0, 0.05) is 33.5 Å². The second kappa shape index (κ2) is 15.8. The number of anilines is 3. The van der Waals surface area contributed by atoms with E-state index >= 15 is 0 Å². The molecular formula is C65H44N2. The number of para-hydroxylation sites is 2. The van der Waals surface area contributed by atoms with Gasteiger partial charge in [-0.25, -0.2) is 0 Å². The van der Waals surface area contributed by atoms with E-state index in [0.29, 0.717) is 0 Å². The predicted molar refractivity (Wildman–Crippen MR) is 281 cm³/mol. The van der Waals surface area contributed by atoms with Crippen molar-refractivity contribution in [2.75, 3.05) is 4.90 Å². The molecule has 0 N–H and O–H groups in total. The van der Waals surface area contributed by atoms with Crippen LogP contribution in [-0.2, 0) is 5.41 Å². The van der Waals surface area contributed by atoms with Crippen LogP contribution >= 0.6 is 0 Å². The molecule has 0 saturated carbocycles. The van der Waals surface area contributed by atoms with Crippen molar-refractivity contribution in [3.63, 3.8) is 0 Å². The molecule has 11 aromatic carbocycles. The lowest BCUT2D eigenvalue weighted by Crippen LogP contribution is -2.28. The average Bonchev–Trinajstić information content (AvgIpc) is 3.90. The standard InChI is InChI=1S/C65H44N2/c1-5-17-45(18-6-1)46-29-35-53(36-30-46)66(55-39-42-63-59(44-55)57-27-15-16-28-62(57)67(63)52-24-11-4-12-25-52)54-37-31-47(32-38-54)49-33-40-58-61(43-49)65(50-20-7-2-8-21-50,51-22-9-3-10-23-51)60-41-34-48-19-13-14-26-56(48)64(58)60/h1-44H. The average molecular weight is 853 g/mol. The molecule has 2 heteroatoms. The molecule has 1 aliphatic carbocycles. The SMILES string of the molecule is c1ccc(-c2ccc(N(c3ccc(-c4ccc5c(c4)C(c4ccccc4)(c4ccccc4)c4ccc6ccccc6c4-5)cc3)c3ccc4c(c3)c3ccccc3n4-c3ccccc3)cc2)cc1. The van der Waals surface area contributed by atoms with Crippen molar-refractivity contribution in [1.82, 2.24) is 4.57 Å². The lowest BCUT2D eigenvalue weighted by Gasteiger charge is -2.34.